The van der Waals surface area contributed by atoms with Crippen LogP contribution in [0.5, 0.6) is 11.5 Å². The van der Waals surface area contributed by atoms with E-state index in [0.717, 1.165) is 53.2 Å². The van der Waals surface area contributed by atoms with Gasteiger partial charge in [-0.15, -0.1) is 0 Å². The van der Waals surface area contributed by atoms with Crippen LogP contribution in [0.15, 0.2) is 21.1 Å². The van der Waals surface area contributed by atoms with E-state index in [4.69, 9.17) is 14.2 Å². The van der Waals surface area contributed by atoms with E-state index in [1.54, 1.807) is 7.11 Å². The molecule has 0 saturated heterocycles. The highest BCUT2D eigenvalue weighted by atomic mass is 79.9. The second-order valence-electron chi connectivity index (χ2n) is 4.07. The normalized spacial score (nSPS) is 10.6. The molecule has 1 N–H and O–H groups in total. The maximum Gasteiger partial charge on any atom is 0.134 e. The van der Waals surface area contributed by atoms with Crippen molar-refractivity contribution in [3.63, 3.8) is 0 Å². The van der Waals surface area contributed by atoms with Gasteiger partial charge in [0.2, 0.25) is 0 Å². The molecule has 0 bridgehead atoms. The van der Waals surface area contributed by atoms with E-state index in [2.05, 4.69) is 37.2 Å². The van der Waals surface area contributed by atoms with Crippen molar-refractivity contribution in [2.45, 2.75) is 13.3 Å². The summed E-state index contributed by atoms with van der Waals surface area (Å²) in [5, 5.41) is 3.31. The van der Waals surface area contributed by atoms with Crippen molar-refractivity contribution in [2.75, 3.05) is 40.0 Å². The summed E-state index contributed by atoms with van der Waals surface area (Å²) >= 11 is 6.91. The molecule has 0 aliphatic carbocycles. The van der Waals surface area contributed by atoms with Crippen LogP contribution in [0.25, 0.3) is 0 Å². The predicted molar refractivity (Wildman–Crippen MR) is 87.9 cm³/mol. The molecule has 1 aromatic rings. The first kappa shape index (κ1) is 17.8. The van der Waals surface area contributed by atoms with Crippen molar-refractivity contribution >= 4 is 31.9 Å². The zero-order valence-electron chi connectivity index (χ0n) is 11.9. The molecule has 0 heterocycles. The summed E-state index contributed by atoms with van der Waals surface area (Å²) in [5.41, 5.74) is 0. The SMILES string of the molecule is CCOCCCNCCOc1cc(Br)c(OC)cc1Br. The number of hydrogen-bond acceptors (Lipinski definition) is 4. The molecule has 114 valence electrons. The van der Waals surface area contributed by atoms with Crippen LogP contribution in [0, 0.1) is 0 Å². The smallest absolute Gasteiger partial charge is 0.134 e. The van der Waals surface area contributed by atoms with Gasteiger partial charge in [-0.05, 0) is 63.9 Å². The van der Waals surface area contributed by atoms with Crippen molar-refractivity contribution in [3.8, 4) is 11.5 Å². The topological polar surface area (TPSA) is 39.7 Å². The van der Waals surface area contributed by atoms with Crippen molar-refractivity contribution in [3.05, 3.63) is 21.1 Å². The van der Waals surface area contributed by atoms with Crippen LogP contribution < -0.4 is 14.8 Å². The lowest BCUT2D eigenvalue weighted by Gasteiger charge is -2.11. The van der Waals surface area contributed by atoms with Gasteiger partial charge < -0.3 is 19.5 Å². The molecule has 0 aliphatic heterocycles. The highest BCUT2D eigenvalue weighted by Crippen LogP contribution is 2.35. The van der Waals surface area contributed by atoms with Gasteiger partial charge in [0.05, 0.1) is 16.1 Å². The summed E-state index contributed by atoms with van der Waals surface area (Å²) in [7, 11) is 1.64. The molecule has 6 heteroatoms. The number of nitrogens with one attached hydrogen (secondary N) is 1. The predicted octanol–water partition coefficient (Wildman–Crippen LogP) is 3.62. The van der Waals surface area contributed by atoms with E-state index in [0.29, 0.717) is 6.61 Å². The second-order valence-corrected chi connectivity index (χ2v) is 5.77. The van der Waals surface area contributed by atoms with Gasteiger partial charge in [-0.1, -0.05) is 0 Å². The van der Waals surface area contributed by atoms with Gasteiger partial charge in [0, 0.05) is 19.8 Å². The van der Waals surface area contributed by atoms with Gasteiger partial charge in [0.25, 0.3) is 0 Å². The molecule has 0 unspecified atom stereocenters. The van der Waals surface area contributed by atoms with Crippen molar-refractivity contribution < 1.29 is 14.2 Å². The van der Waals surface area contributed by atoms with E-state index >= 15 is 0 Å². The Morgan fingerprint density at radius 3 is 2.45 bits per heavy atom. The van der Waals surface area contributed by atoms with E-state index in [1.807, 2.05) is 19.1 Å². The Balaban J connectivity index is 2.23. The molecule has 0 fully saturated rings. The van der Waals surface area contributed by atoms with Gasteiger partial charge in [-0.2, -0.15) is 0 Å². The fraction of sp³-hybridized carbons (Fsp3) is 0.571. The quantitative estimate of drug-likeness (QED) is 0.598. The summed E-state index contributed by atoms with van der Waals surface area (Å²) in [4.78, 5) is 0. The summed E-state index contributed by atoms with van der Waals surface area (Å²) in [6.45, 7) is 5.96. The third kappa shape index (κ3) is 6.43. The lowest BCUT2D eigenvalue weighted by molar-refractivity contribution is 0.144. The van der Waals surface area contributed by atoms with Gasteiger partial charge in [0.1, 0.15) is 18.1 Å². The zero-order valence-corrected chi connectivity index (χ0v) is 15.1. The number of hydrogen-bond donors (Lipinski definition) is 1. The van der Waals surface area contributed by atoms with Crippen LogP contribution in [0.2, 0.25) is 0 Å². The molecule has 0 aromatic heterocycles. The van der Waals surface area contributed by atoms with Gasteiger partial charge >= 0.3 is 0 Å². The van der Waals surface area contributed by atoms with E-state index in [-0.39, 0.29) is 0 Å². The van der Waals surface area contributed by atoms with Crippen LogP contribution in [-0.4, -0.2) is 40.0 Å². The first-order chi connectivity index (χ1) is 9.69. The van der Waals surface area contributed by atoms with E-state index in [9.17, 15) is 0 Å². The molecular weight excluding hydrogens is 390 g/mol. The number of rotatable bonds is 10. The molecular formula is C14H21Br2NO3. The largest absolute Gasteiger partial charge is 0.496 e. The van der Waals surface area contributed by atoms with Crippen molar-refractivity contribution in [2.24, 2.45) is 0 Å². The average molecular weight is 411 g/mol. The van der Waals surface area contributed by atoms with E-state index in [1.165, 1.54) is 0 Å². The Morgan fingerprint density at radius 2 is 1.75 bits per heavy atom. The Hall–Kier alpha value is -0.300. The van der Waals surface area contributed by atoms with Crippen LogP contribution in [0.4, 0.5) is 0 Å². The summed E-state index contributed by atoms with van der Waals surface area (Å²) < 4.78 is 18.0. The van der Waals surface area contributed by atoms with Crippen LogP contribution in [0.1, 0.15) is 13.3 Å². The summed E-state index contributed by atoms with van der Waals surface area (Å²) in [6.07, 6.45) is 1.02. The standard InChI is InChI=1S/C14H21Br2NO3/c1-3-19-7-4-5-17-6-8-20-14-10-11(15)13(18-2)9-12(14)16/h9-10,17H,3-8H2,1-2H3. The Bertz CT molecular complexity index is 402. The fourth-order valence-electron chi connectivity index (χ4n) is 1.58. The van der Waals surface area contributed by atoms with Gasteiger partial charge in [-0.25, -0.2) is 0 Å². The monoisotopic (exact) mass is 409 g/mol. The van der Waals surface area contributed by atoms with E-state index < -0.39 is 0 Å². The first-order valence-electron chi connectivity index (χ1n) is 6.63. The Labute approximate surface area is 137 Å². The average Bonchev–Trinajstić information content (AvgIpc) is 2.44. The third-order valence-corrected chi connectivity index (χ3v) is 3.83. The van der Waals surface area contributed by atoms with Gasteiger partial charge in [-0.3, -0.25) is 0 Å². The molecule has 0 amide bonds. The van der Waals surface area contributed by atoms with Crippen LogP contribution in [-0.2, 0) is 4.74 Å². The molecule has 20 heavy (non-hydrogen) atoms. The van der Waals surface area contributed by atoms with Gasteiger partial charge in [0.15, 0.2) is 0 Å². The maximum atomic E-state index is 5.72. The number of methoxy groups -OCH3 is 1. The first-order valence-corrected chi connectivity index (χ1v) is 8.22. The third-order valence-electron chi connectivity index (χ3n) is 2.59. The lowest BCUT2D eigenvalue weighted by atomic mass is 10.3. The molecule has 0 atom stereocenters. The molecule has 0 radical (unpaired) electrons. The summed E-state index contributed by atoms with van der Waals surface area (Å²) in [5.74, 6) is 1.58. The maximum absolute atomic E-state index is 5.72. The number of ether oxygens (including phenoxy) is 3. The Morgan fingerprint density at radius 1 is 1.05 bits per heavy atom. The number of halogens is 2. The molecule has 0 spiro atoms. The highest BCUT2D eigenvalue weighted by Gasteiger charge is 2.07. The van der Waals surface area contributed by atoms with Crippen molar-refractivity contribution in [1.82, 2.24) is 5.32 Å². The molecule has 1 aromatic carbocycles. The number of benzene rings is 1. The molecule has 4 nitrogen and oxygen atoms in total. The zero-order chi connectivity index (χ0) is 14.8. The lowest BCUT2D eigenvalue weighted by Crippen LogP contribution is -2.23. The minimum Gasteiger partial charge on any atom is -0.496 e. The van der Waals surface area contributed by atoms with Crippen molar-refractivity contribution in [1.29, 1.82) is 0 Å². The highest BCUT2D eigenvalue weighted by molar-refractivity contribution is 9.11. The summed E-state index contributed by atoms with van der Waals surface area (Å²) in [6, 6.07) is 3.78. The second kappa shape index (κ2) is 10.4. The van der Waals surface area contributed by atoms with Crippen LogP contribution in [0.3, 0.4) is 0 Å². The Kier molecular flexibility index (Phi) is 9.26. The molecule has 1 rings (SSSR count). The molecule has 0 saturated carbocycles. The minimum atomic E-state index is 0.617. The van der Waals surface area contributed by atoms with Crippen LogP contribution >= 0.6 is 31.9 Å². The minimum absolute atomic E-state index is 0.617. The fourth-order valence-corrected chi connectivity index (χ4v) is 2.50. The molecule has 0 aliphatic rings.